The Kier molecular flexibility index (Phi) is 2.63. The molecule has 2 nitrogen and oxygen atoms in total. The van der Waals surface area contributed by atoms with E-state index in [4.69, 9.17) is 5.73 Å². The van der Waals surface area contributed by atoms with Crippen LogP contribution in [0.4, 0.5) is 14.5 Å². The van der Waals surface area contributed by atoms with Gasteiger partial charge in [-0.1, -0.05) is 24.3 Å². The van der Waals surface area contributed by atoms with Gasteiger partial charge in [-0.05, 0) is 11.5 Å². The van der Waals surface area contributed by atoms with Gasteiger partial charge in [0.25, 0.3) is 0 Å². The first-order valence-corrected chi connectivity index (χ1v) is 5.74. The zero-order chi connectivity index (χ0) is 13.4. The highest BCUT2D eigenvalue weighted by molar-refractivity contribution is 5.95. The number of pyridine rings is 1. The monoisotopic (exact) mass is 256 g/mol. The lowest BCUT2D eigenvalue weighted by Gasteiger charge is -2.08. The van der Waals surface area contributed by atoms with Crippen LogP contribution >= 0.6 is 0 Å². The van der Waals surface area contributed by atoms with Gasteiger partial charge in [0, 0.05) is 35.0 Å². The van der Waals surface area contributed by atoms with E-state index in [0.29, 0.717) is 5.56 Å². The van der Waals surface area contributed by atoms with E-state index in [2.05, 4.69) is 4.98 Å². The molecule has 0 aliphatic carbocycles. The first kappa shape index (κ1) is 11.6. The standard InChI is InChI=1S/C15H10F2N2/c16-13-6-15(18)14(17)5-11(13)12-8-19-7-9-3-1-2-4-10(9)12/h1-8H,18H2. The van der Waals surface area contributed by atoms with E-state index in [0.717, 1.165) is 22.9 Å². The molecule has 0 saturated carbocycles. The average Bonchev–Trinajstić information content (AvgIpc) is 2.42. The first-order valence-electron chi connectivity index (χ1n) is 5.74. The lowest BCUT2D eigenvalue weighted by molar-refractivity contribution is 0.607. The van der Waals surface area contributed by atoms with Crippen LogP contribution in [0.3, 0.4) is 0 Å². The number of fused-ring (bicyclic) bond motifs is 1. The Morgan fingerprint density at radius 3 is 2.53 bits per heavy atom. The maximum atomic E-state index is 14.0. The molecular formula is C15H10F2N2. The number of nitrogens with two attached hydrogens (primary N) is 1. The van der Waals surface area contributed by atoms with Crippen molar-refractivity contribution >= 4 is 16.5 Å². The van der Waals surface area contributed by atoms with Crippen molar-refractivity contribution in [1.82, 2.24) is 4.98 Å². The van der Waals surface area contributed by atoms with Crippen LogP contribution in [-0.4, -0.2) is 4.98 Å². The lowest BCUT2D eigenvalue weighted by Crippen LogP contribution is -1.95. The summed E-state index contributed by atoms with van der Waals surface area (Å²) in [5, 5.41) is 1.69. The third-order valence-corrected chi connectivity index (χ3v) is 3.04. The van der Waals surface area contributed by atoms with Gasteiger partial charge in [-0.3, -0.25) is 4.98 Å². The number of aromatic nitrogens is 1. The van der Waals surface area contributed by atoms with Crippen LogP contribution in [0, 0.1) is 11.6 Å². The van der Waals surface area contributed by atoms with Crippen molar-refractivity contribution in [3.8, 4) is 11.1 Å². The van der Waals surface area contributed by atoms with Crippen molar-refractivity contribution in [2.75, 3.05) is 5.73 Å². The second-order valence-corrected chi connectivity index (χ2v) is 4.26. The summed E-state index contributed by atoms with van der Waals surface area (Å²) < 4.78 is 27.5. The molecule has 3 rings (SSSR count). The summed E-state index contributed by atoms with van der Waals surface area (Å²) in [6.45, 7) is 0. The molecule has 0 amide bonds. The molecule has 94 valence electrons. The van der Waals surface area contributed by atoms with Crippen molar-refractivity contribution in [3.05, 3.63) is 60.4 Å². The molecule has 2 aromatic carbocycles. The summed E-state index contributed by atoms with van der Waals surface area (Å²) in [4.78, 5) is 4.06. The number of hydrogen-bond donors (Lipinski definition) is 1. The summed E-state index contributed by atoms with van der Waals surface area (Å²) >= 11 is 0. The second-order valence-electron chi connectivity index (χ2n) is 4.26. The fraction of sp³-hybridized carbons (Fsp3) is 0. The van der Waals surface area contributed by atoms with E-state index in [9.17, 15) is 8.78 Å². The number of halogens is 2. The zero-order valence-electron chi connectivity index (χ0n) is 9.90. The predicted molar refractivity (Wildman–Crippen MR) is 71.5 cm³/mol. The van der Waals surface area contributed by atoms with E-state index in [1.54, 1.807) is 6.20 Å². The third kappa shape index (κ3) is 1.91. The van der Waals surface area contributed by atoms with Crippen LogP contribution in [0.15, 0.2) is 48.8 Å². The van der Waals surface area contributed by atoms with Gasteiger partial charge >= 0.3 is 0 Å². The number of benzene rings is 2. The molecule has 0 unspecified atom stereocenters. The molecule has 0 atom stereocenters. The Labute approximate surface area is 108 Å². The summed E-state index contributed by atoms with van der Waals surface area (Å²) in [6, 6.07) is 9.53. The Balaban J connectivity index is 2.33. The molecule has 1 aromatic heterocycles. The molecular weight excluding hydrogens is 246 g/mol. The fourth-order valence-corrected chi connectivity index (χ4v) is 2.10. The molecule has 0 aliphatic rings. The first-order chi connectivity index (χ1) is 9.16. The van der Waals surface area contributed by atoms with Gasteiger partial charge in [0.05, 0.1) is 5.69 Å². The Hall–Kier alpha value is -2.49. The number of anilines is 1. The van der Waals surface area contributed by atoms with Crippen LogP contribution < -0.4 is 5.73 Å². The third-order valence-electron chi connectivity index (χ3n) is 3.04. The van der Waals surface area contributed by atoms with Crippen LogP contribution in [0.5, 0.6) is 0 Å². The number of hydrogen-bond acceptors (Lipinski definition) is 2. The zero-order valence-corrected chi connectivity index (χ0v) is 9.90. The lowest BCUT2D eigenvalue weighted by atomic mass is 10.00. The molecule has 4 heteroatoms. The molecule has 3 aromatic rings. The maximum absolute atomic E-state index is 14.0. The minimum Gasteiger partial charge on any atom is -0.396 e. The van der Waals surface area contributed by atoms with Gasteiger partial charge in [-0.25, -0.2) is 8.78 Å². The van der Waals surface area contributed by atoms with E-state index < -0.39 is 11.6 Å². The Morgan fingerprint density at radius 2 is 1.68 bits per heavy atom. The van der Waals surface area contributed by atoms with Gasteiger partial charge in [-0.2, -0.15) is 0 Å². The van der Waals surface area contributed by atoms with Crippen molar-refractivity contribution in [2.45, 2.75) is 0 Å². The number of rotatable bonds is 1. The second kappa shape index (κ2) is 4.31. The summed E-state index contributed by atoms with van der Waals surface area (Å²) in [6.07, 6.45) is 3.21. The number of nitrogen functional groups attached to an aromatic ring is 1. The highest BCUT2D eigenvalue weighted by atomic mass is 19.1. The SMILES string of the molecule is Nc1cc(F)c(-c2cncc3ccccc23)cc1F. The highest BCUT2D eigenvalue weighted by Gasteiger charge is 2.12. The molecule has 0 fully saturated rings. The van der Waals surface area contributed by atoms with Crippen LogP contribution in [0.2, 0.25) is 0 Å². The van der Waals surface area contributed by atoms with E-state index in [-0.39, 0.29) is 11.3 Å². The molecule has 19 heavy (non-hydrogen) atoms. The highest BCUT2D eigenvalue weighted by Crippen LogP contribution is 2.31. The minimum atomic E-state index is -0.635. The van der Waals surface area contributed by atoms with Crippen LogP contribution in [-0.2, 0) is 0 Å². The molecule has 0 spiro atoms. The van der Waals surface area contributed by atoms with Crippen LogP contribution in [0.25, 0.3) is 21.9 Å². The quantitative estimate of drug-likeness (QED) is 0.673. The van der Waals surface area contributed by atoms with Crippen molar-refractivity contribution in [3.63, 3.8) is 0 Å². The molecule has 2 N–H and O–H groups in total. The summed E-state index contributed by atoms with van der Waals surface area (Å²) in [5.41, 5.74) is 5.86. The normalized spacial score (nSPS) is 10.8. The predicted octanol–water partition coefficient (Wildman–Crippen LogP) is 3.76. The maximum Gasteiger partial charge on any atom is 0.146 e. The number of nitrogens with zero attached hydrogens (tertiary/aromatic N) is 1. The van der Waals surface area contributed by atoms with E-state index in [1.165, 1.54) is 6.20 Å². The molecule has 1 heterocycles. The van der Waals surface area contributed by atoms with E-state index >= 15 is 0 Å². The largest absolute Gasteiger partial charge is 0.396 e. The van der Waals surface area contributed by atoms with E-state index in [1.807, 2.05) is 24.3 Å². The Morgan fingerprint density at radius 1 is 0.895 bits per heavy atom. The van der Waals surface area contributed by atoms with Gasteiger partial charge in [-0.15, -0.1) is 0 Å². The summed E-state index contributed by atoms with van der Waals surface area (Å²) in [5.74, 6) is -1.19. The fourth-order valence-electron chi connectivity index (χ4n) is 2.10. The van der Waals surface area contributed by atoms with Gasteiger partial charge in [0.2, 0.25) is 0 Å². The van der Waals surface area contributed by atoms with Crippen molar-refractivity contribution < 1.29 is 8.78 Å². The van der Waals surface area contributed by atoms with Gasteiger partial charge in [0.1, 0.15) is 11.6 Å². The van der Waals surface area contributed by atoms with Crippen LogP contribution in [0.1, 0.15) is 0 Å². The average molecular weight is 256 g/mol. The topological polar surface area (TPSA) is 38.9 Å². The smallest absolute Gasteiger partial charge is 0.146 e. The van der Waals surface area contributed by atoms with Gasteiger partial charge in [0.15, 0.2) is 0 Å². The molecule has 0 saturated heterocycles. The summed E-state index contributed by atoms with van der Waals surface area (Å²) in [7, 11) is 0. The van der Waals surface area contributed by atoms with Crippen molar-refractivity contribution in [1.29, 1.82) is 0 Å². The van der Waals surface area contributed by atoms with Crippen molar-refractivity contribution in [2.24, 2.45) is 0 Å². The molecule has 0 aliphatic heterocycles. The molecule has 0 bridgehead atoms. The molecule has 0 radical (unpaired) electrons. The Bertz CT molecular complexity index is 764. The van der Waals surface area contributed by atoms with Gasteiger partial charge < -0.3 is 5.73 Å². The minimum absolute atomic E-state index is 0.163.